The highest BCUT2D eigenvalue weighted by atomic mass is 32.2. The van der Waals surface area contributed by atoms with E-state index in [-0.39, 0.29) is 0 Å². The molecule has 88 valence electrons. The molecular formula is C10H16N4S2. The highest BCUT2D eigenvalue weighted by Crippen LogP contribution is 2.06. The Kier molecular flexibility index (Phi) is 5.48. The van der Waals surface area contributed by atoms with E-state index in [4.69, 9.17) is 18.0 Å². The highest BCUT2D eigenvalue weighted by molar-refractivity contribution is 7.98. The third-order valence-electron chi connectivity index (χ3n) is 1.97. The van der Waals surface area contributed by atoms with Crippen LogP contribution in [-0.2, 0) is 0 Å². The maximum Gasteiger partial charge on any atom is 0.223 e. The number of anilines is 1. The number of hydrogen-bond donors (Lipinski definition) is 2. The van der Waals surface area contributed by atoms with E-state index in [1.807, 2.05) is 11.8 Å². The minimum absolute atomic E-state index is 0.294. The molecule has 0 aliphatic rings. The lowest BCUT2D eigenvalue weighted by Gasteiger charge is -2.11. The Bertz CT molecular complexity index is 356. The predicted octanol–water partition coefficient (Wildman–Crippen LogP) is 1.52. The first-order valence-electron chi connectivity index (χ1n) is 4.99. The fourth-order valence-electron chi connectivity index (χ4n) is 1.19. The van der Waals surface area contributed by atoms with Crippen LogP contribution in [0.2, 0.25) is 0 Å². The van der Waals surface area contributed by atoms with Crippen molar-refractivity contribution in [3.63, 3.8) is 0 Å². The normalized spacial score (nSPS) is 12.1. The van der Waals surface area contributed by atoms with Crippen LogP contribution >= 0.6 is 24.0 Å². The molecule has 0 aromatic carbocycles. The lowest BCUT2D eigenvalue weighted by molar-refractivity contribution is 0.697. The molecule has 0 fully saturated rings. The molecule has 16 heavy (non-hydrogen) atoms. The molecule has 0 spiro atoms. The zero-order valence-corrected chi connectivity index (χ0v) is 11.1. The molecule has 1 atom stereocenters. The van der Waals surface area contributed by atoms with Crippen molar-refractivity contribution in [3.8, 4) is 0 Å². The summed E-state index contributed by atoms with van der Waals surface area (Å²) in [6.07, 6.45) is 3.75. The number of nitrogens with two attached hydrogens (primary N) is 1. The average Bonchev–Trinajstić information content (AvgIpc) is 2.27. The molecule has 1 heterocycles. The molecule has 3 N–H and O–H groups in total. The molecule has 0 radical (unpaired) electrons. The number of nitrogens with one attached hydrogen (secondary N) is 1. The number of nitrogens with zero attached hydrogens (tertiary/aromatic N) is 2. The maximum atomic E-state index is 5.50. The zero-order valence-electron chi connectivity index (χ0n) is 9.43. The number of rotatable bonds is 6. The number of aromatic nitrogens is 2. The second kappa shape index (κ2) is 6.65. The van der Waals surface area contributed by atoms with Gasteiger partial charge in [-0.15, -0.1) is 0 Å². The molecule has 0 amide bonds. The van der Waals surface area contributed by atoms with Crippen molar-refractivity contribution in [2.75, 3.05) is 23.9 Å². The Morgan fingerprint density at radius 1 is 1.69 bits per heavy atom. The summed E-state index contributed by atoms with van der Waals surface area (Å²) < 4.78 is 0. The van der Waals surface area contributed by atoms with E-state index >= 15 is 0 Å². The summed E-state index contributed by atoms with van der Waals surface area (Å²) in [7, 11) is 0. The molecule has 1 aromatic rings. The van der Waals surface area contributed by atoms with Gasteiger partial charge in [0.1, 0.15) is 10.7 Å². The van der Waals surface area contributed by atoms with Crippen molar-refractivity contribution in [1.82, 2.24) is 9.97 Å². The molecular weight excluding hydrogens is 240 g/mol. The average molecular weight is 256 g/mol. The SMILES string of the molecule is CSCC(C)CNc1nccc(C(N)=S)n1. The minimum Gasteiger partial charge on any atom is -0.388 e. The van der Waals surface area contributed by atoms with E-state index in [1.54, 1.807) is 12.3 Å². The first-order chi connectivity index (χ1) is 7.63. The molecule has 1 rings (SSSR count). The Morgan fingerprint density at radius 2 is 2.44 bits per heavy atom. The molecule has 0 aliphatic heterocycles. The molecule has 1 unspecified atom stereocenters. The van der Waals surface area contributed by atoms with Crippen LogP contribution in [-0.4, -0.2) is 33.5 Å². The second-order valence-electron chi connectivity index (χ2n) is 3.57. The summed E-state index contributed by atoms with van der Waals surface area (Å²) >= 11 is 6.69. The van der Waals surface area contributed by atoms with Crippen LogP contribution in [0.4, 0.5) is 5.95 Å². The van der Waals surface area contributed by atoms with Crippen molar-refractivity contribution in [1.29, 1.82) is 0 Å². The van der Waals surface area contributed by atoms with Gasteiger partial charge in [-0.25, -0.2) is 9.97 Å². The fourth-order valence-corrected chi connectivity index (χ4v) is 1.99. The number of thiocarbonyl (C=S) groups is 1. The predicted molar refractivity (Wildman–Crippen MR) is 74.0 cm³/mol. The van der Waals surface area contributed by atoms with Crippen LogP contribution in [0.15, 0.2) is 12.3 Å². The highest BCUT2D eigenvalue weighted by Gasteiger charge is 2.04. The quantitative estimate of drug-likeness (QED) is 0.753. The summed E-state index contributed by atoms with van der Waals surface area (Å²) in [6.45, 7) is 3.03. The van der Waals surface area contributed by atoms with E-state index in [9.17, 15) is 0 Å². The van der Waals surface area contributed by atoms with Crippen LogP contribution in [0.3, 0.4) is 0 Å². The lowest BCUT2D eigenvalue weighted by atomic mass is 10.2. The van der Waals surface area contributed by atoms with Gasteiger partial charge in [0.05, 0.1) is 0 Å². The van der Waals surface area contributed by atoms with Crippen LogP contribution in [0, 0.1) is 5.92 Å². The van der Waals surface area contributed by atoms with Crippen molar-refractivity contribution in [2.45, 2.75) is 6.92 Å². The van der Waals surface area contributed by atoms with Gasteiger partial charge in [0.15, 0.2) is 0 Å². The van der Waals surface area contributed by atoms with Gasteiger partial charge in [-0.05, 0) is 24.0 Å². The van der Waals surface area contributed by atoms with Crippen LogP contribution in [0.5, 0.6) is 0 Å². The summed E-state index contributed by atoms with van der Waals surface area (Å²) in [4.78, 5) is 8.61. The standard InChI is InChI=1S/C10H16N4S2/c1-7(6-16-2)5-13-10-12-4-3-8(14-10)9(11)15/h3-4,7H,5-6H2,1-2H3,(H2,11,15)(H,12,13,14). The second-order valence-corrected chi connectivity index (χ2v) is 4.92. The van der Waals surface area contributed by atoms with Crippen molar-refractivity contribution in [2.24, 2.45) is 11.7 Å². The Labute approximate surface area is 105 Å². The molecule has 0 bridgehead atoms. The molecule has 4 nitrogen and oxygen atoms in total. The molecule has 0 saturated heterocycles. The number of hydrogen-bond acceptors (Lipinski definition) is 5. The van der Waals surface area contributed by atoms with Gasteiger partial charge < -0.3 is 11.1 Å². The summed E-state index contributed by atoms with van der Waals surface area (Å²) in [5.41, 5.74) is 6.10. The topological polar surface area (TPSA) is 63.8 Å². The van der Waals surface area contributed by atoms with Gasteiger partial charge in [-0.2, -0.15) is 11.8 Å². The smallest absolute Gasteiger partial charge is 0.223 e. The van der Waals surface area contributed by atoms with E-state index < -0.39 is 0 Å². The van der Waals surface area contributed by atoms with Crippen LogP contribution < -0.4 is 11.1 Å². The van der Waals surface area contributed by atoms with Crippen molar-refractivity contribution >= 4 is 34.9 Å². The molecule has 1 aromatic heterocycles. The van der Waals surface area contributed by atoms with Gasteiger partial charge in [0, 0.05) is 12.7 Å². The third kappa shape index (κ3) is 4.32. The Morgan fingerprint density at radius 3 is 3.06 bits per heavy atom. The van der Waals surface area contributed by atoms with Gasteiger partial charge in [-0.3, -0.25) is 0 Å². The third-order valence-corrected chi connectivity index (χ3v) is 3.08. The largest absolute Gasteiger partial charge is 0.388 e. The summed E-state index contributed by atoms with van der Waals surface area (Å²) in [5.74, 6) is 2.27. The lowest BCUT2D eigenvalue weighted by Crippen LogP contribution is -2.17. The van der Waals surface area contributed by atoms with Gasteiger partial charge >= 0.3 is 0 Å². The Hall–Kier alpha value is -0.880. The van der Waals surface area contributed by atoms with E-state index in [2.05, 4.69) is 28.5 Å². The van der Waals surface area contributed by atoms with E-state index in [0.29, 0.717) is 22.5 Å². The van der Waals surface area contributed by atoms with E-state index in [1.165, 1.54) is 0 Å². The van der Waals surface area contributed by atoms with Crippen molar-refractivity contribution < 1.29 is 0 Å². The fraction of sp³-hybridized carbons (Fsp3) is 0.500. The van der Waals surface area contributed by atoms with Gasteiger partial charge in [0.25, 0.3) is 0 Å². The van der Waals surface area contributed by atoms with Crippen molar-refractivity contribution in [3.05, 3.63) is 18.0 Å². The molecule has 0 aliphatic carbocycles. The van der Waals surface area contributed by atoms with E-state index in [0.717, 1.165) is 12.3 Å². The first-order valence-corrected chi connectivity index (χ1v) is 6.79. The zero-order chi connectivity index (χ0) is 12.0. The monoisotopic (exact) mass is 256 g/mol. The van der Waals surface area contributed by atoms with Gasteiger partial charge in [-0.1, -0.05) is 19.1 Å². The summed E-state index contributed by atoms with van der Waals surface area (Å²) in [5, 5.41) is 3.17. The van der Waals surface area contributed by atoms with Crippen LogP contribution in [0.25, 0.3) is 0 Å². The molecule has 0 saturated carbocycles. The molecule has 6 heteroatoms. The van der Waals surface area contributed by atoms with Crippen LogP contribution in [0.1, 0.15) is 12.6 Å². The maximum absolute atomic E-state index is 5.50. The first kappa shape index (κ1) is 13.2. The summed E-state index contributed by atoms with van der Waals surface area (Å²) in [6, 6.07) is 1.71. The minimum atomic E-state index is 0.294. The Balaban J connectivity index is 2.54. The van der Waals surface area contributed by atoms with Gasteiger partial charge in [0.2, 0.25) is 5.95 Å². The number of thioether (sulfide) groups is 1.